The highest BCUT2D eigenvalue weighted by molar-refractivity contribution is 5.28. The molecule has 0 bridgehead atoms. The summed E-state index contributed by atoms with van der Waals surface area (Å²) in [4.78, 5) is 0. The number of nitrogens with one attached hydrogen (secondary N) is 1. The summed E-state index contributed by atoms with van der Waals surface area (Å²) in [5.41, 5.74) is 4.25. The van der Waals surface area contributed by atoms with Crippen LogP contribution in [-0.2, 0) is 6.42 Å². The molecule has 1 saturated heterocycles. The van der Waals surface area contributed by atoms with E-state index >= 15 is 0 Å². The zero-order valence-corrected chi connectivity index (χ0v) is 11.5. The van der Waals surface area contributed by atoms with Crippen molar-refractivity contribution in [2.45, 2.75) is 31.7 Å². The normalized spacial score (nSPS) is 22.6. The van der Waals surface area contributed by atoms with Gasteiger partial charge in [0, 0.05) is 12.0 Å². The largest absolute Gasteiger partial charge is 0.313 e. The highest BCUT2D eigenvalue weighted by Crippen LogP contribution is 2.29. The van der Waals surface area contributed by atoms with Crippen LogP contribution in [0.2, 0.25) is 0 Å². The van der Waals surface area contributed by atoms with E-state index in [0.29, 0.717) is 12.0 Å². The maximum absolute atomic E-state index is 3.67. The number of rotatable bonds is 3. The van der Waals surface area contributed by atoms with Crippen molar-refractivity contribution >= 4 is 0 Å². The molecule has 1 nitrogen and oxygen atoms in total. The standard InChI is InChI=1S/C18H21N/c1-14-7-9-16(10-8-14)17-11-12-19-18(17)13-15-5-3-2-4-6-15/h2-10,17-19H,11-13H2,1H3. The summed E-state index contributed by atoms with van der Waals surface area (Å²) in [5.74, 6) is 0.654. The Bertz CT molecular complexity index is 515. The van der Waals surface area contributed by atoms with E-state index in [1.165, 1.54) is 23.1 Å². The Kier molecular flexibility index (Phi) is 3.65. The average Bonchev–Trinajstić information content (AvgIpc) is 2.89. The van der Waals surface area contributed by atoms with Gasteiger partial charge in [-0.1, -0.05) is 60.2 Å². The molecule has 0 aromatic heterocycles. The zero-order chi connectivity index (χ0) is 13.1. The molecule has 19 heavy (non-hydrogen) atoms. The fourth-order valence-corrected chi connectivity index (χ4v) is 3.06. The molecule has 0 aliphatic carbocycles. The van der Waals surface area contributed by atoms with Gasteiger partial charge >= 0.3 is 0 Å². The molecule has 1 N–H and O–H groups in total. The van der Waals surface area contributed by atoms with E-state index in [2.05, 4.69) is 66.8 Å². The molecule has 1 heterocycles. The van der Waals surface area contributed by atoms with Crippen LogP contribution in [0.3, 0.4) is 0 Å². The predicted molar refractivity (Wildman–Crippen MR) is 80.5 cm³/mol. The first-order chi connectivity index (χ1) is 9.33. The third kappa shape index (κ3) is 2.87. The third-order valence-electron chi connectivity index (χ3n) is 4.15. The van der Waals surface area contributed by atoms with Crippen LogP contribution in [0, 0.1) is 6.92 Å². The fraction of sp³-hybridized carbons (Fsp3) is 0.333. The number of aryl methyl sites for hydroxylation is 1. The quantitative estimate of drug-likeness (QED) is 0.877. The minimum Gasteiger partial charge on any atom is -0.313 e. The number of hydrogen-bond donors (Lipinski definition) is 1. The van der Waals surface area contributed by atoms with Crippen molar-refractivity contribution in [3.8, 4) is 0 Å². The van der Waals surface area contributed by atoms with Crippen molar-refractivity contribution in [3.63, 3.8) is 0 Å². The van der Waals surface area contributed by atoms with Crippen LogP contribution in [0.15, 0.2) is 54.6 Å². The Balaban J connectivity index is 1.76. The van der Waals surface area contributed by atoms with Crippen LogP contribution >= 0.6 is 0 Å². The zero-order valence-electron chi connectivity index (χ0n) is 11.5. The minimum absolute atomic E-state index is 0.574. The summed E-state index contributed by atoms with van der Waals surface area (Å²) >= 11 is 0. The predicted octanol–water partition coefficient (Wildman–Crippen LogP) is 3.68. The highest BCUT2D eigenvalue weighted by Gasteiger charge is 2.27. The second-order valence-corrected chi connectivity index (χ2v) is 5.56. The molecule has 2 atom stereocenters. The molecule has 1 aliphatic heterocycles. The van der Waals surface area contributed by atoms with E-state index in [4.69, 9.17) is 0 Å². The van der Waals surface area contributed by atoms with Gasteiger partial charge in [0.15, 0.2) is 0 Å². The molecular weight excluding hydrogens is 230 g/mol. The van der Waals surface area contributed by atoms with Crippen molar-refractivity contribution in [1.29, 1.82) is 0 Å². The monoisotopic (exact) mass is 251 g/mol. The lowest BCUT2D eigenvalue weighted by Crippen LogP contribution is -2.28. The van der Waals surface area contributed by atoms with Crippen molar-refractivity contribution in [3.05, 3.63) is 71.3 Å². The first-order valence-electron chi connectivity index (χ1n) is 7.17. The lowest BCUT2D eigenvalue weighted by Gasteiger charge is -2.20. The summed E-state index contributed by atoms with van der Waals surface area (Å²) in [6, 6.07) is 20.4. The van der Waals surface area contributed by atoms with Crippen molar-refractivity contribution in [2.75, 3.05) is 6.54 Å². The van der Waals surface area contributed by atoms with Gasteiger partial charge in [-0.15, -0.1) is 0 Å². The van der Waals surface area contributed by atoms with Gasteiger partial charge in [-0.25, -0.2) is 0 Å². The van der Waals surface area contributed by atoms with E-state index in [1.807, 2.05) is 0 Å². The molecule has 2 unspecified atom stereocenters. The Labute approximate surface area is 115 Å². The van der Waals surface area contributed by atoms with Crippen molar-refractivity contribution in [1.82, 2.24) is 5.32 Å². The van der Waals surface area contributed by atoms with Gasteiger partial charge in [0.25, 0.3) is 0 Å². The SMILES string of the molecule is Cc1ccc(C2CCNC2Cc2ccccc2)cc1. The molecular formula is C18H21N. The Morgan fingerprint density at radius 3 is 2.47 bits per heavy atom. The van der Waals surface area contributed by atoms with Gasteiger partial charge < -0.3 is 5.32 Å². The van der Waals surface area contributed by atoms with Crippen LogP contribution in [0.1, 0.15) is 29.0 Å². The van der Waals surface area contributed by atoms with Crippen LogP contribution in [0.5, 0.6) is 0 Å². The van der Waals surface area contributed by atoms with Gasteiger partial charge in [0.05, 0.1) is 0 Å². The van der Waals surface area contributed by atoms with Crippen LogP contribution < -0.4 is 5.32 Å². The first kappa shape index (κ1) is 12.4. The summed E-state index contributed by atoms with van der Waals surface area (Å²) < 4.78 is 0. The Morgan fingerprint density at radius 2 is 1.74 bits per heavy atom. The van der Waals surface area contributed by atoms with Crippen molar-refractivity contribution < 1.29 is 0 Å². The molecule has 0 spiro atoms. The number of benzene rings is 2. The Morgan fingerprint density at radius 1 is 1.00 bits per heavy atom. The van der Waals surface area contributed by atoms with E-state index in [-0.39, 0.29) is 0 Å². The van der Waals surface area contributed by atoms with Gasteiger partial charge in [-0.2, -0.15) is 0 Å². The van der Waals surface area contributed by atoms with Crippen LogP contribution in [0.25, 0.3) is 0 Å². The van der Waals surface area contributed by atoms with Crippen LogP contribution in [-0.4, -0.2) is 12.6 Å². The number of hydrogen-bond acceptors (Lipinski definition) is 1. The van der Waals surface area contributed by atoms with Crippen LogP contribution in [0.4, 0.5) is 0 Å². The topological polar surface area (TPSA) is 12.0 Å². The van der Waals surface area contributed by atoms with Gasteiger partial charge in [0.2, 0.25) is 0 Å². The molecule has 98 valence electrons. The van der Waals surface area contributed by atoms with Crippen molar-refractivity contribution in [2.24, 2.45) is 0 Å². The summed E-state index contributed by atoms with van der Waals surface area (Å²) in [6.45, 7) is 3.29. The van der Waals surface area contributed by atoms with E-state index in [9.17, 15) is 0 Å². The molecule has 1 heteroatoms. The van der Waals surface area contributed by atoms with Gasteiger partial charge in [-0.3, -0.25) is 0 Å². The molecule has 2 aromatic rings. The first-order valence-corrected chi connectivity index (χ1v) is 7.17. The second kappa shape index (κ2) is 5.58. The maximum atomic E-state index is 3.67. The second-order valence-electron chi connectivity index (χ2n) is 5.56. The molecule has 0 saturated carbocycles. The van der Waals surface area contributed by atoms with E-state index in [1.54, 1.807) is 0 Å². The molecule has 0 amide bonds. The molecule has 3 rings (SSSR count). The lowest BCUT2D eigenvalue weighted by molar-refractivity contribution is 0.544. The third-order valence-corrected chi connectivity index (χ3v) is 4.15. The Hall–Kier alpha value is -1.60. The maximum Gasteiger partial charge on any atom is 0.0177 e. The lowest BCUT2D eigenvalue weighted by atomic mass is 9.88. The van der Waals surface area contributed by atoms with Gasteiger partial charge in [0.1, 0.15) is 0 Å². The molecule has 1 aliphatic rings. The summed E-state index contributed by atoms with van der Waals surface area (Å²) in [5, 5.41) is 3.67. The molecule has 2 aromatic carbocycles. The van der Waals surface area contributed by atoms with E-state index in [0.717, 1.165) is 13.0 Å². The average molecular weight is 251 g/mol. The van der Waals surface area contributed by atoms with E-state index < -0.39 is 0 Å². The highest BCUT2D eigenvalue weighted by atomic mass is 14.9. The van der Waals surface area contributed by atoms with Gasteiger partial charge in [-0.05, 0) is 37.4 Å². The summed E-state index contributed by atoms with van der Waals surface area (Å²) in [7, 11) is 0. The fourth-order valence-electron chi connectivity index (χ4n) is 3.06. The molecule has 1 fully saturated rings. The molecule has 0 radical (unpaired) electrons. The minimum atomic E-state index is 0.574. The smallest absolute Gasteiger partial charge is 0.0177 e. The summed E-state index contributed by atoms with van der Waals surface area (Å²) in [6.07, 6.45) is 2.37.